The topological polar surface area (TPSA) is 96.5 Å². The van der Waals surface area contributed by atoms with E-state index in [0.29, 0.717) is 6.54 Å². The van der Waals surface area contributed by atoms with Gasteiger partial charge in [-0.05, 0) is 18.9 Å². The average molecular weight is 448 g/mol. The molecule has 32 heavy (non-hydrogen) atoms. The van der Waals surface area contributed by atoms with E-state index in [-0.39, 0.29) is 19.2 Å². The number of esters is 1. The molecular weight excluding hydrogens is 406 g/mol. The minimum atomic E-state index is -0.746. The molecule has 0 unspecified atom stereocenters. The Morgan fingerprint density at radius 2 is 1.44 bits per heavy atom. The van der Waals surface area contributed by atoms with Crippen LogP contribution in [0.25, 0.3) is 0 Å². The predicted molar refractivity (Wildman–Crippen MR) is 127 cm³/mol. The Bertz CT molecular complexity index is 652. The molecular formula is C25H41N3O4. The Morgan fingerprint density at radius 1 is 0.844 bits per heavy atom. The smallest absolute Gasteiger partial charge is 0.325 e. The molecule has 0 aliphatic heterocycles. The van der Waals surface area contributed by atoms with Crippen LogP contribution in [0.4, 0.5) is 4.79 Å². The molecule has 7 heteroatoms. The number of nitrogens with one attached hydrogen (secondary N) is 3. The summed E-state index contributed by atoms with van der Waals surface area (Å²) in [4.78, 5) is 35.7. The zero-order valence-electron chi connectivity index (χ0n) is 19.8. The van der Waals surface area contributed by atoms with Gasteiger partial charge in [0.1, 0.15) is 19.2 Å². The average Bonchev–Trinajstić information content (AvgIpc) is 2.80. The molecule has 1 aromatic carbocycles. The summed E-state index contributed by atoms with van der Waals surface area (Å²) < 4.78 is 5.11. The summed E-state index contributed by atoms with van der Waals surface area (Å²) in [6, 6.07) is 8.19. The van der Waals surface area contributed by atoms with Gasteiger partial charge in [0.25, 0.3) is 0 Å². The third-order valence-corrected chi connectivity index (χ3v) is 5.21. The van der Waals surface area contributed by atoms with Crippen molar-refractivity contribution in [3.8, 4) is 0 Å². The summed E-state index contributed by atoms with van der Waals surface area (Å²) in [6.45, 7) is 4.31. The zero-order chi connectivity index (χ0) is 23.4. The predicted octanol–water partition coefficient (Wildman–Crippen LogP) is 4.45. The fourth-order valence-electron chi connectivity index (χ4n) is 3.23. The molecule has 1 rings (SSSR count). The number of unbranched alkanes of at least 4 members (excludes halogenated alkanes) is 9. The van der Waals surface area contributed by atoms with Crippen molar-refractivity contribution < 1.29 is 19.1 Å². The normalized spacial score (nSPS) is 11.4. The second-order valence-corrected chi connectivity index (χ2v) is 8.17. The molecule has 0 aliphatic rings. The third-order valence-electron chi connectivity index (χ3n) is 5.21. The second kappa shape index (κ2) is 18.0. The van der Waals surface area contributed by atoms with E-state index in [1.54, 1.807) is 6.92 Å². The van der Waals surface area contributed by atoms with Crippen molar-refractivity contribution in [2.24, 2.45) is 0 Å². The van der Waals surface area contributed by atoms with E-state index < -0.39 is 17.9 Å². The molecule has 0 saturated heterocycles. The fourth-order valence-corrected chi connectivity index (χ4v) is 3.23. The first-order valence-corrected chi connectivity index (χ1v) is 12.0. The van der Waals surface area contributed by atoms with Gasteiger partial charge in [-0.1, -0.05) is 95.0 Å². The van der Waals surface area contributed by atoms with Gasteiger partial charge in [0.05, 0.1) is 0 Å². The molecule has 0 aromatic heterocycles. The van der Waals surface area contributed by atoms with Gasteiger partial charge in [-0.3, -0.25) is 9.59 Å². The van der Waals surface area contributed by atoms with Crippen molar-refractivity contribution in [3.05, 3.63) is 35.9 Å². The van der Waals surface area contributed by atoms with Crippen LogP contribution < -0.4 is 16.0 Å². The summed E-state index contributed by atoms with van der Waals surface area (Å²) in [5, 5.41) is 7.84. The van der Waals surface area contributed by atoms with Gasteiger partial charge >= 0.3 is 12.0 Å². The molecule has 1 aromatic rings. The number of carbonyl (C=O) groups is 3. The third kappa shape index (κ3) is 14.4. The monoisotopic (exact) mass is 447 g/mol. The van der Waals surface area contributed by atoms with Crippen LogP contribution in [-0.2, 0) is 20.9 Å². The van der Waals surface area contributed by atoms with Crippen molar-refractivity contribution in [1.29, 1.82) is 0 Å². The summed E-state index contributed by atoms with van der Waals surface area (Å²) in [5.74, 6) is -0.962. The lowest BCUT2D eigenvalue weighted by Gasteiger charge is -2.14. The number of amides is 3. The fraction of sp³-hybridized carbons (Fsp3) is 0.640. The van der Waals surface area contributed by atoms with Gasteiger partial charge < -0.3 is 20.7 Å². The van der Waals surface area contributed by atoms with Crippen LogP contribution in [0.2, 0.25) is 0 Å². The lowest BCUT2D eigenvalue weighted by molar-refractivity contribution is -0.145. The molecule has 0 saturated carbocycles. The Hall–Kier alpha value is -2.57. The molecule has 0 spiro atoms. The highest BCUT2D eigenvalue weighted by atomic mass is 16.5. The first-order chi connectivity index (χ1) is 15.5. The summed E-state index contributed by atoms with van der Waals surface area (Å²) >= 11 is 0. The van der Waals surface area contributed by atoms with E-state index in [9.17, 15) is 14.4 Å². The van der Waals surface area contributed by atoms with E-state index in [0.717, 1.165) is 18.4 Å². The lowest BCUT2D eigenvalue weighted by Crippen LogP contribution is -2.49. The first-order valence-electron chi connectivity index (χ1n) is 12.0. The van der Waals surface area contributed by atoms with Crippen LogP contribution in [0, 0.1) is 0 Å². The first kappa shape index (κ1) is 27.5. The van der Waals surface area contributed by atoms with Crippen LogP contribution >= 0.6 is 0 Å². The Morgan fingerprint density at radius 3 is 2.06 bits per heavy atom. The van der Waals surface area contributed by atoms with Crippen LogP contribution in [0.1, 0.15) is 83.6 Å². The molecule has 1 atom stereocenters. The Balaban J connectivity index is 2.01. The van der Waals surface area contributed by atoms with Crippen molar-refractivity contribution in [2.75, 3.05) is 13.1 Å². The van der Waals surface area contributed by atoms with E-state index in [4.69, 9.17) is 4.74 Å². The minimum absolute atomic E-state index is 0.157. The van der Waals surface area contributed by atoms with Gasteiger partial charge in [0.2, 0.25) is 5.91 Å². The molecule has 3 N–H and O–H groups in total. The maximum atomic E-state index is 12.1. The highest BCUT2D eigenvalue weighted by Gasteiger charge is 2.16. The number of hydrogen-bond donors (Lipinski definition) is 3. The van der Waals surface area contributed by atoms with Crippen LogP contribution in [0.3, 0.4) is 0 Å². The molecule has 0 radical (unpaired) electrons. The maximum Gasteiger partial charge on any atom is 0.325 e. The number of ether oxygens (including phenoxy) is 1. The van der Waals surface area contributed by atoms with Crippen LogP contribution in [-0.4, -0.2) is 37.0 Å². The van der Waals surface area contributed by atoms with E-state index in [2.05, 4.69) is 22.9 Å². The number of urea groups is 1. The Kier molecular flexibility index (Phi) is 15.5. The SMILES string of the molecule is CCCCCCCCCCCCNC(=O)N[C@@H](C)C(=O)NCC(=O)OCc1ccccc1. The summed E-state index contributed by atoms with van der Waals surface area (Å²) in [6.07, 6.45) is 12.4. The largest absolute Gasteiger partial charge is 0.460 e. The molecule has 180 valence electrons. The van der Waals surface area contributed by atoms with Crippen molar-refractivity contribution >= 4 is 17.9 Å². The molecule has 0 bridgehead atoms. The number of carbonyl (C=O) groups excluding carboxylic acids is 3. The number of benzene rings is 1. The molecule has 7 nitrogen and oxygen atoms in total. The molecule has 0 fully saturated rings. The highest BCUT2D eigenvalue weighted by Crippen LogP contribution is 2.10. The van der Waals surface area contributed by atoms with Crippen LogP contribution in [0.5, 0.6) is 0 Å². The Labute approximate surface area is 193 Å². The second-order valence-electron chi connectivity index (χ2n) is 8.17. The van der Waals surface area contributed by atoms with Gasteiger partial charge in [-0.15, -0.1) is 0 Å². The molecule has 0 heterocycles. The summed E-state index contributed by atoms with van der Waals surface area (Å²) in [5.41, 5.74) is 0.876. The van der Waals surface area contributed by atoms with E-state index >= 15 is 0 Å². The van der Waals surface area contributed by atoms with Gasteiger partial charge in [0, 0.05) is 6.54 Å². The minimum Gasteiger partial charge on any atom is -0.460 e. The number of hydrogen-bond acceptors (Lipinski definition) is 4. The summed E-state index contributed by atoms with van der Waals surface area (Å²) in [7, 11) is 0. The van der Waals surface area contributed by atoms with Crippen molar-refractivity contribution in [3.63, 3.8) is 0 Å². The van der Waals surface area contributed by atoms with Crippen LogP contribution in [0.15, 0.2) is 30.3 Å². The van der Waals surface area contributed by atoms with Crippen molar-refractivity contribution in [2.45, 2.75) is 90.7 Å². The standard InChI is InChI=1S/C25H41N3O4/c1-3-4-5-6-7-8-9-10-11-15-18-26-25(31)28-21(2)24(30)27-19-23(29)32-20-22-16-13-12-14-17-22/h12-14,16-17,21H,3-11,15,18-20H2,1-2H3,(H,27,30)(H2,26,28,31)/t21-/m0/s1. The quantitative estimate of drug-likeness (QED) is 0.243. The van der Waals surface area contributed by atoms with E-state index in [1.807, 2.05) is 30.3 Å². The van der Waals surface area contributed by atoms with Gasteiger partial charge in [-0.25, -0.2) is 4.79 Å². The lowest BCUT2D eigenvalue weighted by atomic mass is 10.1. The van der Waals surface area contributed by atoms with Crippen molar-refractivity contribution in [1.82, 2.24) is 16.0 Å². The van der Waals surface area contributed by atoms with E-state index in [1.165, 1.54) is 51.4 Å². The van der Waals surface area contributed by atoms with Gasteiger partial charge in [-0.2, -0.15) is 0 Å². The number of rotatable bonds is 17. The molecule has 0 aliphatic carbocycles. The maximum absolute atomic E-state index is 12.1. The highest BCUT2D eigenvalue weighted by molar-refractivity contribution is 5.88. The zero-order valence-corrected chi connectivity index (χ0v) is 19.8. The molecule has 3 amide bonds. The van der Waals surface area contributed by atoms with Gasteiger partial charge in [0.15, 0.2) is 0 Å².